The number of rotatable bonds is 4. The molecule has 3 rings (SSSR count). The van der Waals surface area contributed by atoms with Gasteiger partial charge in [0.25, 0.3) is 0 Å². The van der Waals surface area contributed by atoms with Crippen LogP contribution in [0.1, 0.15) is 51.3 Å². The standard InChI is InChI=1S/C13H22N4S/c1-9(2)12-15-13(18-16-12)14-10-5-7-17(8-6-10)11-3-4-11/h9-11H,3-8H2,1-2H3,(H,14,15,16). The Labute approximate surface area is 113 Å². The van der Waals surface area contributed by atoms with Crippen LogP contribution in [0.4, 0.5) is 5.13 Å². The third-order valence-electron chi connectivity index (χ3n) is 3.88. The average Bonchev–Trinajstić information content (AvgIpc) is 3.10. The molecule has 100 valence electrons. The van der Waals surface area contributed by atoms with Crippen LogP contribution in [0.5, 0.6) is 0 Å². The molecule has 1 aliphatic carbocycles. The molecule has 0 aromatic carbocycles. The zero-order valence-electron chi connectivity index (χ0n) is 11.2. The van der Waals surface area contributed by atoms with E-state index in [1.165, 1.54) is 50.3 Å². The maximum Gasteiger partial charge on any atom is 0.202 e. The fourth-order valence-corrected chi connectivity index (χ4v) is 3.34. The smallest absolute Gasteiger partial charge is 0.202 e. The lowest BCUT2D eigenvalue weighted by atomic mass is 10.1. The molecule has 4 nitrogen and oxygen atoms in total. The number of nitrogens with one attached hydrogen (secondary N) is 1. The monoisotopic (exact) mass is 266 g/mol. The van der Waals surface area contributed by atoms with Crippen LogP contribution in [-0.2, 0) is 0 Å². The van der Waals surface area contributed by atoms with E-state index >= 15 is 0 Å². The molecule has 1 aromatic heterocycles. The van der Waals surface area contributed by atoms with E-state index in [2.05, 4.69) is 33.4 Å². The molecule has 0 atom stereocenters. The van der Waals surface area contributed by atoms with Crippen molar-refractivity contribution in [3.63, 3.8) is 0 Å². The molecular formula is C13H22N4S. The van der Waals surface area contributed by atoms with Gasteiger partial charge in [0.2, 0.25) is 5.13 Å². The van der Waals surface area contributed by atoms with E-state index in [4.69, 9.17) is 0 Å². The fourth-order valence-electron chi connectivity index (χ4n) is 2.55. The minimum Gasteiger partial charge on any atom is -0.357 e. The van der Waals surface area contributed by atoms with Crippen molar-refractivity contribution in [2.75, 3.05) is 18.4 Å². The highest BCUT2D eigenvalue weighted by atomic mass is 32.1. The molecule has 18 heavy (non-hydrogen) atoms. The first-order valence-electron chi connectivity index (χ1n) is 7.06. The van der Waals surface area contributed by atoms with Gasteiger partial charge in [0.15, 0.2) is 0 Å². The summed E-state index contributed by atoms with van der Waals surface area (Å²) in [5, 5.41) is 4.56. The largest absolute Gasteiger partial charge is 0.357 e. The van der Waals surface area contributed by atoms with Crippen LogP contribution in [0.15, 0.2) is 0 Å². The Morgan fingerprint density at radius 2 is 1.94 bits per heavy atom. The predicted octanol–water partition coefficient (Wildman–Crippen LogP) is 2.70. The summed E-state index contributed by atoms with van der Waals surface area (Å²) in [5.41, 5.74) is 0. The Morgan fingerprint density at radius 3 is 2.50 bits per heavy atom. The van der Waals surface area contributed by atoms with Crippen LogP contribution >= 0.6 is 11.5 Å². The van der Waals surface area contributed by atoms with E-state index in [1.807, 2.05) is 0 Å². The summed E-state index contributed by atoms with van der Waals surface area (Å²) in [6.07, 6.45) is 5.33. The van der Waals surface area contributed by atoms with Crippen molar-refractivity contribution >= 4 is 16.7 Å². The Kier molecular flexibility index (Phi) is 3.52. The Bertz CT molecular complexity index is 391. The van der Waals surface area contributed by atoms with Gasteiger partial charge < -0.3 is 10.2 Å². The highest BCUT2D eigenvalue weighted by Crippen LogP contribution is 2.30. The Hall–Kier alpha value is -0.680. The lowest BCUT2D eigenvalue weighted by molar-refractivity contribution is 0.210. The topological polar surface area (TPSA) is 41.1 Å². The summed E-state index contributed by atoms with van der Waals surface area (Å²) >= 11 is 1.51. The highest BCUT2D eigenvalue weighted by Gasteiger charge is 2.31. The average molecular weight is 266 g/mol. The SMILES string of the molecule is CC(C)c1nsc(NC2CCN(C3CC3)CC2)n1. The van der Waals surface area contributed by atoms with Crippen molar-refractivity contribution in [2.24, 2.45) is 0 Å². The summed E-state index contributed by atoms with van der Waals surface area (Å²) in [7, 11) is 0. The van der Waals surface area contributed by atoms with Crippen LogP contribution in [0.2, 0.25) is 0 Å². The molecule has 2 heterocycles. The second kappa shape index (κ2) is 5.13. The van der Waals surface area contributed by atoms with Gasteiger partial charge in [-0.3, -0.25) is 0 Å². The zero-order chi connectivity index (χ0) is 12.5. The Morgan fingerprint density at radius 1 is 1.22 bits per heavy atom. The molecule has 0 bridgehead atoms. The lowest BCUT2D eigenvalue weighted by Gasteiger charge is -2.32. The van der Waals surface area contributed by atoms with Crippen LogP contribution in [0.25, 0.3) is 0 Å². The molecule has 2 fully saturated rings. The van der Waals surface area contributed by atoms with E-state index in [9.17, 15) is 0 Å². The summed E-state index contributed by atoms with van der Waals surface area (Å²) in [6.45, 7) is 6.77. The molecule has 2 aliphatic rings. The molecule has 1 N–H and O–H groups in total. The maximum atomic E-state index is 4.55. The van der Waals surface area contributed by atoms with Crippen molar-refractivity contribution in [3.8, 4) is 0 Å². The van der Waals surface area contributed by atoms with Crippen molar-refractivity contribution in [1.82, 2.24) is 14.3 Å². The number of likely N-dealkylation sites (tertiary alicyclic amines) is 1. The van der Waals surface area contributed by atoms with Crippen LogP contribution in [0.3, 0.4) is 0 Å². The van der Waals surface area contributed by atoms with E-state index in [-0.39, 0.29) is 0 Å². The summed E-state index contributed by atoms with van der Waals surface area (Å²) < 4.78 is 4.39. The molecule has 0 amide bonds. The lowest BCUT2D eigenvalue weighted by Crippen LogP contribution is -2.40. The molecule has 0 spiro atoms. The number of anilines is 1. The number of hydrogen-bond donors (Lipinski definition) is 1. The number of nitrogens with zero attached hydrogens (tertiary/aromatic N) is 3. The van der Waals surface area contributed by atoms with Gasteiger partial charge in [-0.15, -0.1) is 0 Å². The highest BCUT2D eigenvalue weighted by molar-refractivity contribution is 7.09. The molecular weight excluding hydrogens is 244 g/mol. The third kappa shape index (κ3) is 2.83. The molecule has 0 unspecified atom stereocenters. The quantitative estimate of drug-likeness (QED) is 0.909. The minimum absolute atomic E-state index is 0.425. The van der Waals surface area contributed by atoms with Gasteiger partial charge in [-0.1, -0.05) is 13.8 Å². The number of aromatic nitrogens is 2. The van der Waals surface area contributed by atoms with E-state index < -0.39 is 0 Å². The van der Waals surface area contributed by atoms with E-state index in [0.29, 0.717) is 12.0 Å². The number of hydrogen-bond acceptors (Lipinski definition) is 5. The molecule has 1 aromatic rings. The first-order valence-corrected chi connectivity index (χ1v) is 7.84. The molecule has 1 saturated heterocycles. The first-order chi connectivity index (χ1) is 8.72. The van der Waals surface area contributed by atoms with E-state index in [1.54, 1.807) is 0 Å². The molecule has 0 radical (unpaired) electrons. The van der Waals surface area contributed by atoms with Crippen LogP contribution in [0, 0.1) is 0 Å². The van der Waals surface area contributed by atoms with Crippen molar-refractivity contribution in [3.05, 3.63) is 5.82 Å². The second-order valence-corrected chi connectivity index (χ2v) is 6.55. The molecule has 5 heteroatoms. The number of piperidine rings is 1. The van der Waals surface area contributed by atoms with Crippen LogP contribution < -0.4 is 5.32 Å². The second-order valence-electron chi connectivity index (χ2n) is 5.80. The van der Waals surface area contributed by atoms with Gasteiger partial charge in [-0.2, -0.15) is 4.37 Å². The Balaban J connectivity index is 1.50. The predicted molar refractivity (Wildman–Crippen MR) is 75.2 cm³/mol. The van der Waals surface area contributed by atoms with Crippen molar-refractivity contribution < 1.29 is 0 Å². The van der Waals surface area contributed by atoms with Gasteiger partial charge in [-0.05, 0) is 25.7 Å². The van der Waals surface area contributed by atoms with Gasteiger partial charge in [0.05, 0.1) is 0 Å². The van der Waals surface area contributed by atoms with Gasteiger partial charge in [0.1, 0.15) is 5.82 Å². The van der Waals surface area contributed by atoms with Gasteiger partial charge in [0, 0.05) is 42.6 Å². The van der Waals surface area contributed by atoms with Crippen LogP contribution in [-0.4, -0.2) is 39.4 Å². The van der Waals surface area contributed by atoms with Crippen molar-refractivity contribution in [1.29, 1.82) is 0 Å². The van der Waals surface area contributed by atoms with Crippen molar-refractivity contribution in [2.45, 2.75) is 57.5 Å². The summed E-state index contributed by atoms with van der Waals surface area (Å²) in [4.78, 5) is 7.20. The maximum absolute atomic E-state index is 4.55. The molecule has 1 aliphatic heterocycles. The zero-order valence-corrected chi connectivity index (χ0v) is 12.0. The van der Waals surface area contributed by atoms with Gasteiger partial charge in [-0.25, -0.2) is 4.98 Å². The minimum atomic E-state index is 0.425. The fraction of sp³-hybridized carbons (Fsp3) is 0.846. The molecule has 1 saturated carbocycles. The normalized spacial score (nSPS) is 22.6. The summed E-state index contributed by atoms with van der Waals surface area (Å²) in [6, 6.07) is 1.51. The van der Waals surface area contributed by atoms with Gasteiger partial charge >= 0.3 is 0 Å². The first kappa shape index (κ1) is 12.4. The van der Waals surface area contributed by atoms with E-state index in [0.717, 1.165) is 17.0 Å². The third-order valence-corrected chi connectivity index (χ3v) is 4.54. The summed E-state index contributed by atoms with van der Waals surface area (Å²) in [5.74, 6) is 1.39.